The van der Waals surface area contributed by atoms with Gasteiger partial charge in [0.2, 0.25) is 0 Å². The summed E-state index contributed by atoms with van der Waals surface area (Å²) < 4.78 is 2.17. The molecule has 0 aliphatic heterocycles. The minimum Gasteiger partial charge on any atom is -0.481 e. The molecule has 18 heavy (non-hydrogen) atoms. The second-order valence-electron chi connectivity index (χ2n) is 4.67. The van der Waals surface area contributed by atoms with Gasteiger partial charge in [0, 0.05) is 14.9 Å². The highest BCUT2D eigenvalue weighted by Crippen LogP contribution is 2.30. The van der Waals surface area contributed by atoms with Crippen LogP contribution in [0, 0.1) is 0 Å². The number of nitrogens with one attached hydrogen (secondary N) is 1. The van der Waals surface area contributed by atoms with Gasteiger partial charge in [0.1, 0.15) is 0 Å². The highest BCUT2D eigenvalue weighted by Gasteiger charge is 2.25. The Kier molecular flexibility index (Phi) is 3.41. The summed E-state index contributed by atoms with van der Waals surface area (Å²) in [7, 11) is 0. The number of carbonyl (C=O) groups excluding carboxylic acids is 1. The molecule has 0 saturated carbocycles. The molecular formula is C12H13NO3S2. The quantitative estimate of drug-likeness (QED) is 0.906. The van der Waals surface area contributed by atoms with Gasteiger partial charge in [-0.1, -0.05) is 0 Å². The molecule has 0 fully saturated rings. The molecule has 0 radical (unpaired) electrons. The zero-order valence-electron chi connectivity index (χ0n) is 10.0. The van der Waals surface area contributed by atoms with E-state index in [2.05, 4.69) is 5.32 Å². The number of rotatable bonds is 4. The molecule has 0 aliphatic rings. The van der Waals surface area contributed by atoms with E-state index in [4.69, 9.17) is 5.11 Å². The molecule has 2 rings (SSSR count). The van der Waals surface area contributed by atoms with Crippen molar-refractivity contribution >= 4 is 43.9 Å². The average Bonchev–Trinajstić information content (AvgIpc) is 2.71. The Bertz CT molecular complexity index is 569. The Labute approximate surface area is 112 Å². The lowest BCUT2D eigenvalue weighted by molar-refractivity contribution is -0.138. The average molecular weight is 283 g/mol. The van der Waals surface area contributed by atoms with E-state index >= 15 is 0 Å². The Balaban J connectivity index is 2.12. The van der Waals surface area contributed by atoms with Crippen molar-refractivity contribution in [1.29, 1.82) is 0 Å². The molecule has 4 nitrogen and oxygen atoms in total. The second kappa shape index (κ2) is 4.70. The van der Waals surface area contributed by atoms with Gasteiger partial charge in [-0.3, -0.25) is 9.59 Å². The first-order chi connectivity index (χ1) is 8.37. The fourth-order valence-electron chi connectivity index (χ4n) is 1.67. The third-order valence-corrected chi connectivity index (χ3v) is 4.50. The summed E-state index contributed by atoms with van der Waals surface area (Å²) in [6.07, 6.45) is -0.0987. The molecule has 2 aromatic heterocycles. The number of hydrogen-bond acceptors (Lipinski definition) is 4. The number of thiophene rings is 2. The lowest BCUT2D eigenvalue weighted by atomic mass is 10.0. The van der Waals surface area contributed by atoms with Crippen LogP contribution in [0.25, 0.3) is 9.40 Å². The van der Waals surface area contributed by atoms with Gasteiger partial charge in [-0.2, -0.15) is 0 Å². The Morgan fingerprint density at radius 2 is 2.11 bits per heavy atom. The summed E-state index contributed by atoms with van der Waals surface area (Å²) in [4.78, 5) is 23.3. The molecule has 2 heterocycles. The number of hydrogen-bond donors (Lipinski definition) is 2. The minimum atomic E-state index is -0.924. The molecule has 0 aromatic carbocycles. The summed E-state index contributed by atoms with van der Waals surface area (Å²) >= 11 is 3.01. The highest BCUT2D eigenvalue weighted by atomic mass is 32.1. The summed E-state index contributed by atoms with van der Waals surface area (Å²) in [5, 5.41) is 13.5. The standard InChI is InChI=1S/C12H13NO3S2/c1-12(2,6-10(14)15)13-11(16)9-5-8-7(18-9)3-4-17-8/h3-5H,6H2,1-2H3,(H,13,16)(H,14,15). The molecular weight excluding hydrogens is 270 g/mol. The van der Waals surface area contributed by atoms with Crippen molar-refractivity contribution in [3.63, 3.8) is 0 Å². The molecule has 0 aliphatic carbocycles. The van der Waals surface area contributed by atoms with Gasteiger partial charge in [-0.05, 0) is 31.4 Å². The summed E-state index contributed by atoms with van der Waals surface area (Å²) in [6, 6.07) is 3.82. The molecule has 0 unspecified atom stereocenters. The predicted molar refractivity (Wildman–Crippen MR) is 73.5 cm³/mol. The van der Waals surface area contributed by atoms with Crippen molar-refractivity contribution in [1.82, 2.24) is 5.32 Å². The number of amides is 1. The molecule has 0 atom stereocenters. The molecule has 1 amide bonds. The van der Waals surface area contributed by atoms with Gasteiger partial charge in [0.15, 0.2) is 0 Å². The van der Waals surface area contributed by atoms with Crippen LogP contribution in [0.4, 0.5) is 0 Å². The predicted octanol–water partition coefficient (Wildman–Crippen LogP) is 2.95. The summed E-state index contributed by atoms with van der Waals surface area (Å²) in [5.74, 6) is -1.14. The van der Waals surface area contributed by atoms with Gasteiger partial charge in [-0.25, -0.2) is 0 Å². The smallest absolute Gasteiger partial charge is 0.305 e. The van der Waals surface area contributed by atoms with Crippen molar-refractivity contribution in [2.75, 3.05) is 0 Å². The van der Waals surface area contributed by atoms with Crippen LogP contribution in [0.3, 0.4) is 0 Å². The molecule has 0 bridgehead atoms. The number of carbonyl (C=O) groups is 2. The zero-order valence-corrected chi connectivity index (χ0v) is 11.7. The van der Waals surface area contributed by atoms with E-state index in [0.29, 0.717) is 4.88 Å². The SMILES string of the molecule is CC(C)(CC(=O)O)NC(=O)c1cc2sccc2s1. The lowest BCUT2D eigenvalue weighted by Gasteiger charge is -2.23. The van der Waals surface area contributed by atoms with Crippen molar-refractivity contribution < 1.29 is 14.7 Å². The molecule has 96 valence electrons. The third kappa shape index (κ3) is 2.88. The number of carboxylic acid groups (broad SMARTS) is 1. The first-order valence-corrected chi connectivity index (χ1v) is 7.08. The van der Waals surface area contributed by atoms with Crippen LogP contribution < -0.4 is 5.32 Å². The molecule has 0 spiro atoms. The first kappa shape index (κ1) is 13.0. The fourth-order valence-corrected chi connectivity index (χ4v) is 3.67. The largest absolute Gasteiger partial charge is 0.481 e. The van der Waals surface area contributed by atoms with Crippen molar-refractivity contribution in [2.45, 2.75) is 25.8 Å². The molecule has 2 N–H and O–H groups in total. The summed E-state index contributed by atoms with van der Waals surface area (Å²) in [5.41, 5.74) is -0.750. The lowest BCUT2D eigenvalue weighted by Crippen LogP contribution is -2.44. The van der Waals surface area contributed by atoms with E-state index in [-0.39, 0.29) is 12.3 Å². The number of fused-ring (bicyclic) bond motifs is 1. The van der Waals surface area contributed by atoms with Crippen LogP contribution >= 0.6 is 22.7 Å². The van der Waals surface area contributed by atoms with E-state index in [9.17, 15) is 9.59 Å². The Hall–Kier alpha value is -1.40. The van der Waals surface area contributed by atoms with Gasteiger partial charge in [0.05, 0.1) is 11.3 Å². The van der Waals surface area contributed by atoms with E-state index < -0.39 is 11.5 Å². The van der Waals surface area contributed by atoms with Crippen LogP contribution in [0.5, 0.6) is 0 Å². The van der Waals surface area contributed by atoms with E-state index in [1.54, 1.807) is 25.2 Å². The minimum absolute atomic E-state index is 0.0987. The van der Waals surface area contributed by atoms with Gasteiger partial charge < -0.3 is 10.4 Å². The molecule has 0 saturated heterocycles. The van der Waals surface area contributed by atoms with Crippen LogP contribution in [0.1, 0.15) is 29.9 Å². The van der Waals surface area contributed by atoms with Crippen molar-refractivity contribution in [3.05, 3.63) is 22.4 Å². The normalized spacial score (nSPS) is 11.7. The molecule has 6 heteroatoms. The van der Waals surface area contributed by atoms with E-state index in [1.165, 1.54) is 11.3 Å². The maximum absolute atomic E-state index is 12.0. The first-order valence-electron chi connectivity index (χ1n) is 5.39. The van der Waals surface area contributed by atoms with Crippen LogP contribution in [-0.2, 0) is 4.79 Å². The summed E-state index contributed by atoms with van der Waals surface area (Å²) in [6.45, 7) is 3.41. The number of carboxylic acids is 1. The van der Waals surface area contributed by atoms with Gasteiger partial charge in [-0.15, -0.1) is 22.7 Å². The number of aliphatic carboxylic acids is 1. The van der Waals surface area contributed by atoms with Gasteiger partial charge >= 0.3 is 5.97 Å². The second-order valence-corrected chi connectivity index (χ2v) is 6.70. The monoisotopic (exact) mass is 283 g/mol. The molecule has 2 aromatic rings. The maximum atomic E-state index is 12.0. The van der Waals surface area contributed by atoms with E-state index in [0.717, 1.165) is 9.40 Å². The van der Waals surface area contributed by atoms with Crippen LogP contribution in [0.2, 0.25) is 0 Å². The van der Waals surface area contributed by atoms with Crippen LogP contribution in [0.15, 0.2) is 17.5 Å². The fraction of sp³-hybridized carbons (Fsp3) is 0.333. The van der Waals surface area contributed by atoms with E-state index in [1.807, 2.05) is 17.5 Å². The van der Waals surface area contributed by atoms with Crippen molar-refractivity contribution in [3.8, 4) is 0 Å². The Morgan fingerprint density at radius 1 is 1.39 bits per heavy atom. The topological polar surface area (TPSA) is 66.4 Å². The highest BCUT2D eigenvalue weighted by molar-refractivity contribution is 7.27. The maximum Gasteiger partial charge on any atom is 0.305 e. The van der Waals surface area contributed by atoms with Gasteiger partial charge in [0.25, 0.3) is 5.91 Å². The van der Waals surface area contributed by atoms with Crippen LogP contribution in [-0.4, -0.2) is 22.5 Å². The van der Waals surface area contributed by atoms with Crippen molar-refractivity contribution in [2.24, 2.45) is 0 Å². The third-order valence-electron chi connectivity index (χ3n) is 2.41. The zero-order chi connectivity index (χ0) is 13.3. The Morgan fingerprint density at radius 3 is 2.72 bits per heavy atom.